The van der Waals surface area contributed by atoms with E-state index in [0.29, 0.717) is 6.54 Å². The minimum atomic E-state index is -0.112. The predicted molar refractivity (Wildman–Crippen MR) is 84.4 cm³/mol. The van der Waals surface area contributed by atoms with E-state index in [-0.39, 0.29) is 6.03 Å². The van der Waals surface area contributed by atoms with Gasteiger partial charge in [0.05, 0.1) is 0 Å². The van der Waals surface area contributed by atoms with Gasteiger partial charge in [-0.05, 0) is 59.6 Å². The van der Waals surface area contributed by atoms with Gasteiger partial charge in [-0.2, -0.15) is 0 Å². The summed E-state index contributed by atoms with van der Waals surface area (Å²) in [7, 11) is 1.64. The molecule has 1 aliphatic rings. The number of fused-ring (bicyclic) bond motifs is 1. The van der Waals surface area contributed by atoms with Gasteiger partial charge in [0.25, 0.3) is 0 Å². The molecule has 3 nitrogen and oxygen atoms in total. The lowest BCUT2D eigenvalue weighted by atomic mass is 10.0. The summed E-state index contributed by atoms with van der Waals surface area (Å²) in [6, 6.07) is 6.75. The summed E-state index contributed by atoms with van der Waals surface area (Å²) in [4.78, 5) is 11.2. The van der Waals surface area contributed by atoms with E-state index in [1.807, 2.05) is 0 Å². The lowest BCUT2D eigenvalue weighted by Crippen LogP contribution is -2.33. The van der Waals surface area contributed by atoms with Crippen LogP contribution in [0.4, 0.5) is 4.79 Å². The molecule has 2 aromatic rings. The molecule has 1 aliphatic carbocycles. The summed E-state index contributed by atoms with van der Waals surface area (Å²) in [6.07, 6.45) is 4.90. The molecule has 2 N–H and O–H groups in total. The van der Waals surface area contributed by atoms with Crippen molar-refractivity contribution in [1.29, 1.82) is 0 Å². The molecule has 20 heavy (non-hydrogen) atoms. The summed E-state index contributed by atoms with van der Waals surface area (Å²) in [5, 5.41) is 9.01. The number of hydrogen-bond donors (Lipinski definition) is 2. The third-order valence-electron chi connectivity index (χ3n) is 3.85. The Kier molecular flexibility index (Phi) is 3.92. The van der Waals surface area contributed by atoms with Crippen molar-refractivity contribution >= 4 is 27.5 Å². The number of carbonyl (C=O) groups is 1. The van der Waals surface area contributed by atoms with Crippen LogP contribution >= 0.6 is 11.3 Å². The quantitative estimate of drug-likeness (QED) is 0.870. The highest BCUT2D eigenvalue weighted by molar-refractivity contribution is 7.17. The number of benzene rings is 1. The van der Waals surface area contributed by atoms with Crippen LogP contribution in [-0.2, 0) is 12.8 Å². The SMILES string of the molecule is CNC(=O)NCCc1csc2ccc(CC3CC3)cc12. The summed E-state index contributed by atoms with van der Waals surface area (Å²) >= 11 is 1.79. The molecule has 0 radical (unpaired) electrons. The number of urea groups is 1. The zero-order chi connectivity index (χ0) is 13.9. The zero-order valence-corrected chi connectivity index (χ0v) is 12.6. The normalized spacial score (nSPS) is 14.4. The van der Waals surface area contributed by atoms with Crippen LogP contribution in [0.25, 0.3) is 10.1 Å². The molecule has 0 spiro atoms. The van der Waals surface area contributed by atoms with Gasteiger partial charge in [0.1, 0.15) is 0 Å². The van der Waals surface area contributed by atoms with Crippen molar-refractivity contribution in [2.24, 2.45) is 5.92 Å². The van der Waals surface area contributed by atoms with E-state index in [1.54, 1.807) is 18.4 Å². The number of thiophene rings is 1. The summed E-state index contributed by atoms with van der Waals surface area (Å²) in [5.74, 6) is 0.921. The van der Waals surface area contributed by atoms with Gasteiger partial charge in [-0.3, -0.25) is 0 Å². The molecule has 1 aromatic carbocycles. The van der Waals surface area contributed by atoms with Gasteiger partial charge in [-0.1, -0.05) is 12.1 Å². The standard InChI is InChI=1S/C16H20N2OS/c1-17-16(19)18-7-6-13-10-20-15-5-4-12(9-14(13)15)8-11-2-3-11/h4-5,9-11H,2-3,6-8H2,1H3,(H2,17,18,19). The lowest BCUT2D eigenvalue weighted by Gasteiger charge is -2.05. The highest BCUT2D eigenvalue weighted by atomic mass is 32.1. The van der Waals surface area contributed by atoms with Crippen LogP contribution in [0.5, 0.6) is 0 Å². The maximum absolute atomic E-state index is 11.2. The van der Waals surface area contributed by atoms with Crippen LogP contribution in [0, 0.1) is 5.92 Å². The third kappa shape index (κ3) is 3.12. The molecule has 0 unspecified atom stereocenters. The molecule has 1 fully saturated rings. The second kappa shape index (κ2) is 5.83. The minimum absolute atomic E-state index is 0.112. The molecule has 0 bridgehead atoms. The van der Waals surface area contributed by atoms with Crippen LogP contribution in [0.15, 0.2) is 23.6 Å². The van der Waals surface area contributed by atoms with Crippen LogP contribution in [-0.4, -0.2) is 19.6 Å². The van der Waals surface area contributed by atoms with Gasteiger partial charge in [-0.25, -0.2) is 4.79 Å². The molecule has 1 aromatic heterocycles. The first kappa shape index (κ1) is 13.4. The van der Waals surface area contributed by atoms with E-state index in [9.17, 15) is 4.79 Å². The Morgan fingerprint density at radius 1 is 1.40 bits per heavy atom. The highest BCUT2D eigenvalue weighted by Crippen LogP contribution is 2.34. The first-order valence-electron chi connectivity index (χ1n) is 7.21. The summed E-state index contributed by atoms with van der Waals surface area (Å²) in [6.45, 7) is 0.679. The second-order valence-corrected chi connectivity index (χ2v) is 6.41. The molecule has 0 atom stereocenters. The molecular weight excluding hydrogens is 268 g/mol. The first-order chi connectivity index (χ1) is 9.76. The average Bonchev–Trinajstić information content (AvgIpc) is 3.18. The number of rotatable bonds is 5. The minimum Gasteiger partial charge on any atom is -0.341 e. The molecule has 3 rings (SSSR count). The fourth-order valence-corrected chi connectivity index (χ4v) is 3.48. The number of amides is 2. The van der Waals surface area contributed by atoms with E-state index < -0.39 is 0 Å². The molecule has 0 aliphatic heterocycles. The number of hydrogen-bond acceptors (Lipinski definition) is 2. The Bertz CT molecular complexity index is 616. The van der Waals surface area contributed by atoms with Crippen molar-refractivity contribution in [2.45, 2.75) is 25.7 Å². The highest BCUT2D eigenvalue weighted by Gasteiger charge is 2.21. The fraction of sp³-hybridized carbons (Fsp3) is 0.438. The Morgan fingerprint density at radius 2 is 2.25 bits per heavy atom. The average molecular weight is 288 g/mol. The van der Waals surface area contributed by atoms with E-state index in [1.165, 1.54) is 40.5 Å². The van der Waals surface area contributed by atoms with Crippen LogP contribution < -0.4 is 10.6 Å². The van der Waals surface area contributed by atoms with Crippen LogP contribution in [0.3, 0.4) is 0 Å². The summed E-state index contributed by atoms with van der Waals surface area (Å²) < 4.78 is 1.35. The number of carbonyl (C=O) groups excluding carboxylic acids is 1. The third-order valence-corrected chi connectivity index (χ3v) is 4.86. The monoisotopic (exact) mass is 288 g/mol. The molecule has 0 saturated heterocycles. The molecule has 106 valence electrons. The van der Waals surface area contributed by atoms with E-state index in [4.69, 9.17) is 0 Å². The Labute approximate surface area is 123 Å². The largest absolute Gasteiger partial charge is 0.341 e. The fourth-order valence-electron chi connectivity index (χ4n) is 2.50. The van der Waals surface area contributed by atoms with E-state index >= 15 is 0 Å². The van der Waals surface area contributed by atoms with Crippen molar-refractivity contribution in [3.8, 4) is 0 Å². The van der Waals surface area contributed by atoms with Crippen molar-refractivity contribution in [3.05, 3.63) is 34.7 Å². The second-order valence-electron chi connectivity index (χ2n) is 5.49. The first-order valence-corrected chi connectivity index (χ1v) is 8.09. The zero-order valence-electron chi connectivity index (χ0n) is 11.7. The maximum atomic E-state index is 11.2. The Morgan fingerprint density at radius 3 is 3.00 bits per heavy atom. The van der Waals surface area contributed by atoms with Crippen molar-refractivity contribution in [1.82, 2.24) is 10.6 Å². The smallest absolute Gasteiger partial charge is 0.314 e. The van der Waals surface area contributed by atoms with Crippen molar-refractivity contribution in [2.75, 3.05) is 13.6 Å². The Balaban J connectivity index is 1.71. The molecule has 1 heterocycles. The van der Waals surface area contributed by atoms with Crippen molar-refractivity contribution < 1.29 is 4.79 Å². The van der Waals surface area contributed by atoms with Gasteiger partial charge in [-0.15, -0.1) is 11.3 Å². The summed E-state index contributed by atoms with van der Waals surface area (Å²) in [5.41, 5.74) is 2.80. The molecule has 1 saturated carbocycles. The van der Waals surface area contributed by atoms with E-state index in [2.05, 4.69) is 34.2 Å². The molecular formula is C16H20N2OS. The van der Waals surface area contributed by atoms with Gasteiger partial charge < -0.3 is 10.6 Å². The predicted octanol–water partition coefficient (Wildman–Crippen LogP) is 3.33. The molecule has 4 heteroatoms. The topological polar surface area (TPSA) is 41.1 Å². The van der Waals surface area contributed by atoms with Crippen LogP contribution in [0.1, 0.15) is 24.0 Å². The molecule has 2 amide bonds. The lowest BCUT2D eigenvalue weighted by molar-refractivity contribution is 0.243. The van der Waals surface area contributed by atoms with Gasteiger partial charge in [0.15, 0.2) is 0 Å². The maximum Gasteiger partial charge on any atom is 0.314 e. The Hall–Kier alpha value is -1.55. The van der Waals surface area contributed by atoms with Gasteiger partial charge in [0.2, 0.25) is 0 Å². The van der Waals surface area contributed by atoms with E-state index in [0.717, 1.165) is 12.3 Å². The van der Waals surface area contributed by atoms with Gasteiger partial charge >= 0.3 is 6.03 Å². The van der Waals surface area contributed by atoms with Crippen molar-refractivity contribution in [3.63, 3.8) is 0 Å². The number of nitrogens with one attached hydrogen (secondary N) is 2. The van der Waals surface area contributed by atoms with Gasteiger partial charge in [0, 0.05) is 18.3 Å². The van der Waals surface area contributed by atoms with Crippen LogP contribution in [0.2, 0.25) is 0 Å².